The maximum atomic E-state index is 12.2. The number of benzene rings is 2. The Labute approximate surface area is 150 Å². The number of nitrogens with zero attached hydrogens (tertiary/aromatic N) is 3. The maximum Gasteiger partial charge on any atom is 0.273 e. The number of aryl methyl sites for hydroxylation is 1. The van der Waals surface area contributed by atoms with E-state index in [0.717, 1.165) is 17.7 Å². The predicted molar refractivity (Wildman–Crippen MR) is 96.8 cm³/mol. The van der Waals surface area contributed by atoms with Crippen LogP contribution in [0.15, 0.2) is 61.2 Å². The molecule has 2 aromatic carbocycles. The maximum absolute atomic E-state index is 12.2. The van der Waals surface area contributed by atoms with Gasteiger partial charge in [-0.1, -0.05) is 30.3 Å². The molecule has 0 bridgehead atoms. The average molecular weight is 350 g/mol. The normalized spacial score (nSPS) is 10.5. The average Bonchev–Trinajstić information content (AvgIpc) is 3.14. The molecule has 3 aromatic rings. The number of nitrogens with one attached hydrogen (secondary N) is 1. The topological polar surface area (TPSA) is 90.1 Å². The fraction of sp³-hybridized carbons (Fsp3) is 0.158. The number of hydrogen-bond acceptors (Lipinski definition) is 4. The summed E-state index contributed by atoms with van der Waals surface area (Å²) in [6.07, 6.45) is 5.39. The first-order valence-corrected chi connectivity index (χ1v) is 8.10. The van der Waals surface area contributed by atoms with E-state index in [1.54, 1.807) is 31.6 Å². The van der Waals surface area contributed by atoms with Gasteiger partial charge in [0.2, 0.25) is 0 Å². The Bertz CT molecular complexity index is 918. The Morgan fingerprint density at radius 2 is 1.92 bits per heavy atom. The molecule has 1 N–H and O–H groups in total. The molecule has 7 heteroatoms. The van der Waals surface area contributed by atoms with Crippen LogP contribution in [0.25, 0.3) is 0 Å². The van der Waals surface area contributed by atoms with E-state index in [-0.39, 0.29) is 17.2 Å². The van der Waals surface area contributed by atoms with Gasteiger partial charge >= 0.3 is 0 Å². The number of carbonyl (C=O) groups excluding carboxylic acids is 1. The van der Waals surface area contributed by atoms with Gasteiger partial charge in [-0.2, -0.15) is 0 Å². The second-order valence-electron chi connectivity index (χ2n) is 5.99. The molecule has 1 aromatic heterocycles. The van der Waals surface area contributed by atoms with Crippen molar-refractivity contribution < 1.29 is 9.72 Å². The third-order valence-electron chi connectivity index (χ3n) is 4.07. The van der Waals surface area contributed by atoms with Gasteiger partial charge < -0.3 is 9.88 Å². The Morgan fingerprint density at radius 1 is 1.19 bits per heavy atom. The fourth-order valence-corrected chi connectivity index (χ4v) is 2.59. The fourth-order valence-electron chi connectivity index (χ4n) is 2.59. The lowest BCUT2D eigenvalue weighted by molar-refractivity contribution is -0.385. The summed E-state index contributed by atoms with van der Waals surface area (Å²) in [5.74, 6) is -0.337. The summed E-state index contributed by atoms with van der Waals surface area (Å²) in [6, 6.07) is 12.4. The summed E-state index contributed by atoms with van der Waals surface area (Å²) in [7, 11) is 0. The van der Waals surface area contributed by atoms with Crippen LogP contribution in [0.2, 0.25) is 0 Å². The van der Waals surface area contributed by atoms with Crippen LogP contribution in [0.3, 0.4) is 0 Å². The van der Waals surface area contributed by atoms with Crippen LogP contribution < -0.4 is 5.32 Å². The Morgan fingerprint density at radius 3 is 2.58 bits per heavy atom. The summed E-state index contributed by atoms with van der Waals surface area (Å²) in [6.45, 7) is 2.73. The van der Waals surface area contributed by atoms with E-state index in [1.165, 1.54) is 6.07 Å². The summed E-state index contributed by atoms with van der Waals surface area (Å²) in [4.78, 5) is 26.8. The Balaban J connectivity index is 1.61. The lowest BCUT2D eigenvalue weighted by Crippen LogP contribution is -2.22. The van der Waals surface area contributed by atoms with E-state index < -0.39 is 4.92 Å². The van der Waals surface area contributed by atoms with Gasteiger partial charge in [0.25, 0.3) is 11.6 Å². The molecule has 0 saturated heterocycles. The number of amides is 1. The molecule has 1 heterocycles. The third kappa shape index (κ3) is 4.13. The lowest BCUT2D eigenvalue weighted by Gasteiger charge is -2.08. The molecule has 0 radical (unpaired) electrons. The first-order valence-electron chi connectivity index (χ1n) is 8.10. The van der Waals surface area contributed by atoms with Crippen LogP contribution in [0.4, 0.5) is 5.69 Å². The molecular formula is C19H18N4O3. The van der Waals surface area contributed by atoms with Gasteiger partial charge in [-0.15, -0.1) is 0 Å². The molecule has 132 valence electrons. The minimum atomic E-state index is -0.481. The number of nitro benzene ring substituents is 1. The quantitative estimate of drug-likeness (QED) is 0.546. The zero-order valence-electron chi connectivity index (χ0n) is 14.3. The van der Waals surface area contributed by atoms with Gasteiger partial charge in [0.1, 0.15) is 0 Å². The lowest BCUT2D eigenvalue weighted by atomic mass is 10.1. The standard InChI is InChI=1S/C19H18N4O3/c1-14-2-7-17(10-18(14)23(25)26)19(24)21-11-15-3-5-16(6-4-15)12-22-9-8-20-13-22/h2-10,13H,11-12H2,1H3,(H,21,24). The zero-order chi connectivity index (χ0) is 18.5. The van der Waals surface area contributed by atoms with Crippen molar-refractivity contribution in [1.82, 2.24) is 14.9 Å². The van der Waals surface area contributed by atoms with Crippen molar-refractivity contribution in [2.24, 2.45) is 0 Å². The highest BCUT2D eigenvalue weighted by Gasteiger charge is 2.14. The molecule has 0 unspecified atom stereocenters. The number of nitro groups is 1. The van der Waals surface area contributed by atoms with Gasteiger partial charge in [-0.25, -0.2) is 4.98 Å². The molecule has 3 rings (SSSR count). The van der Waals surface area contributed by atoms with E-state index in [0.29, 0.717) is 12.1 Å². The summed E-state index contributed by atoms with van der Waals surface area (Å²) in [5, 5.41) is 13.8. The number of hydrogen-bond donors (Lipinski definition) is 1. The van der Waals surface area contributed by atoms with Crippen molar-refractivity contribution >= 4 is 11.6 Å². The van der Waals surface area contributed by atoms with Gasteiger partial charge in [-0.3, -0.25) is 14.9 Å². The Kier molecular flexibility index (Phi) is 5.07. The van der Waals surface area contributed by atoms with Crippen molar-refractivity contribution in [3.05, 3.63) is 93.6 Å². The molecule has 1 amide bonds. The first-order chi connectivity index (χ1) is 12.5. The van der Waals surface area contributed by atoms with E-state index >= 15 is 0 Å². The first kappa shape index (κ1) is 17.3. The van der Waals surface area contributed by atoms with Gasteiger partial charge in [-0.05, 0) is 24.1 Å². The van der Waals surface area contributed by atoms with Crippen LogP contribution in [-0.2, 0) is 13.1 Å². The molecule has 7 nitrogen and oxygen atoms in total. The highest BCUT2D eigenvalue weighted by Crippen LogP contribution is 2.19. The van der Waals surface area contributed by atoms with Crippen molar-refractivity contribution in [3.8, 4) is 0 Å². The molecule has 0 spiro atoms. The molecule has 0 aliphatic carbocycles. The highest BCUT2D eigenvalue weighted by molar-refractivity contribution is 5.94. The number of imidazole rings is 1. The SMILES string of the molecule is Cc1ccc(C(=O)NCc2ccc(Cn3ccnc3)cc2)cc1[N+](=O)[O-]. The predicted octanol–water partition coefficient (Wildman–Crippen LogP) is 3.08. The number of rotatable bonds is 6. The van der Waals surface area contributed by atoms with Crippen molar-refractivity contribution in [3.63, 3.8) is 0 Å². The highest BCUT2D eigenvalue weighted by atomic mass is 16.6. The number of aromatic nitrogens is 2. The summed E-state index contributed by atoms with van der Waals surface area (Å²) < 4.78 is 1.97. The van der Waals surface area contributed by atoms with Crippen LogP contribution in [-0.4, -0.2) is 20.4 Å². The van der Waals surface area contributed by atoms with Gasteiger partial charge in [0, 0.05) is 42.7 Å². The third-order valence-corrected chi connectivity index (χ3v) is 4.07. The molecule has 0 aliphatic rings. The van der Waals surface area contributed by atoms with E-state index in [9.17, 15) is 14.9 Å². The smallest absolute Gasteiger partial charge is 0.273 e. The molecule has 0 saturated carbocycles. The second kappa shape index (κ2) is 7.60. The van der Waals surface area contributed by atoms with Crippen molar-refractivity contribution in [2.75, 3.05) is 0 Å². The summed E-state index contributed by atoms with van der Waals surface area (Å²) >= 11 is 0. The van der Waals surface area contributed by atoms with Crippen LogP contribution >= 0.6 is 0 Å². The van der Waals surface area contributed by atoms with Crippen molar-refractivity contribution in [1.29, 1.82) is 0 Å². The largest absolute Gasteiger partial charge is 0.348 e. The molecular weight excluding hydrogens is 332 g/mol. The second-order valence-corrected chi connectivity index (χ2v) is 5.99. The number of carbonyl (C=O) groups is 1. The zero-order valence-corrected chi connectivity index (χ0v) is 14.3. The molecule has 26 heavy (non-hydrogen) atoms. The van der Waals surface area contributed by atoms with Crippen LogP contribution in [0.1, 0.15) is 27.0 Å². The van der Waals surface area contributed by atoms with E-state index in [1.807, 2.05) is 35.0 Å². The summed E-state index contributed by atoms with van der Waals surface area (Å²) in [5.41, 5.74) is 2.84. The van der Waals surface area contributed by atoms with E-state index in [4.69, 9.17) is 0 Å². The van der Waals surface area contributed by atoms with E-state index in [2.05, 4.69) is 10.3 Å². The molecule has 0 aliphatic heterocycles. The van der Waals surface area contributed by atoms with Gasteiger partial charge in [0.15, 0.2) is 0 Å². The van der Waals surface area contributed by atoms with Crippen molar-refractivity contribution in [2.45, 2.75) is 20.0 Å². The molecule has 0 fully saturated rings. The minimum Gasteiger partial charge on any atom is -0.348 e. The molecule has 0 atom stereocenters. The monoisotopic (exact) mass is 350 g/mol. The minimum absolute atomic E-state index is 0.0542. The van der Waals surface area contributed by atoms with Crippen LogP contribution in [0.5, 0.6) is 0 Å². The Hall–Kier alpha value is -3.48. The van der Waals surface area contributed by atoms with Crippen LogP contribution in [0, 0.1) is 17.0 Å². The van der Waals surface area contributed by atoms with Gasteiger partial charge in [0.05, 0.1) is 11.3 Å².